The number of aryl methyl sites for hydroxylation is 1. The van der Waals surface area contributed by atoms with Gasteiger partial charge in [-0.05, 0) is 30.5 Å². The van der Waals surface area contributed by atoms with Gasteiger partial charge in [0.2, 0.25) is 5.91 Å². The molecule has 3 rings (SSSR count). The second-order valence-electron chi connectivity index (χ2n) is 5.84. The molecule has 1 heterocycles. The Morgan fingerprint density at radius 3 is 2.44 bits per heavy atom. The Morgan fingerprint density at radius 2 is 1.68 bits per heavy atom. The van der Waals surface area contributed by atoms with Crippen LogP contribution in [-0.4, -0.2) is 22.8 Å². The fourth-order valence-corrected chi connectivity index (χ4v) is 2.67. The molecule has 0 aliphatic carbocycles. The number of hydrogen-bond acceptors (Lipinski definition) is 3. The van der Waals surface area contributed by atoms with Crippen molar-refractivity contribution in [1.82, 2.24) is 10.3 Å². The maximum atomic E-state index is 12.4. The van der Waals surface area contributed by atoms with Crippen molar-refractivity contribution in [1.29, 1.82) is 0 Å². The van der Waals surface area contributed by atoms with Crippen molar-refractivity contribution in [3.05, 3.63) is 78.0 Å². The maximum Gasteiger partial charge on any atom is 0.270 e. The van der Waals surface area contributed by atoms with Crippen LogP contribution in [0.25, 0.3) is 10.9 Å². The van der Waals surface area contributed by atoms with E-state index in [1.807, 2.05) is 60.7 Å². The average molecular weight is 333 g/mol. The van der Waals surface area contributed by atoms with Crippen LogP contribution in [0.1, 0.15) is 22.5 Å². The molecule has 0 aliphatic rings. The Labute approximate surface area is 145 Å². The molecule has 3 N–H and O–H groups in total. The number of nitrogens with one attached hydrogen (secondary N) is 1. The van der Waals surface area contributed by atoms with E-state index in [1.165, 1.54) is 0 Å². The van der Waals surface area contributed by atoms with Gasteiger partial charge in [0.25, 0.3) is 5.91 Å². The number of primary amides is 1. The summed E-state index contributed by atoms with van der Waals surface area (Å²) in [5.74, 6) is -0.951. The number of pyridine rings is 1. The Hall–Kier alpha value is -3.21. The van der Waals surface area contributed by atoms with Gasteiger partial charge in [0.1, 0.15) is 11.7 Å². The highest BCUT2D eigenvalue weighted by Gasteiger charge is 2.19. The van der Waals surface area contributed by atoms with E-state index in [0.717, 1.165) is 16.5 Å². The molecule has 126 valence electrons. The van der Waals surface area contributed by atoms with Crippen LogP contribution in [0.4, 0.5) is 0 Å². The molecule has 1 atom stereocenters. The molecule has 0 fully saturated rings. The monoisotopic (exact) mass is 333 g/mol. The molecule has 25 heavy (non-hydrogen) atoms. The van der Waals surface area contributed by atoms with Gasteiger partial charge < -0.3 is 11.1 Å². The van der Waals surface area contributed by atoms with Gasteiger partial charge in [0.15, 0.2) is 0 Å². The van der Waals surface area contributed by atoms with Gasteiger partial charge in [-0.3, -0.25) is 9.59 Å². The first kappa shape index (κ1) is 16.6. The Kier molecular flexibility index (Phi) is 5.04. The van der Waals surface area contributed by atoms with Gasteiger partial charge in [-0.15, -0.1) is 0 Å². The minimum absolute atomic E-state index is 0.268. The third-order valence-corrected chi connectivity index (χ3v) is 4.04. The number of carbonyl (C=O) groups is 2. The van der Waals surface area contributed by atoms with Crippen LogP contribution in [0.15, 0.2) is 66.7 Å². The van der Waals surface area contributed by atoms with E-state index in [9.17, 15) is 9.59 Å². The van der Waals surface area contributed by atoms with Crippen LogP contribution in [0.5, 0.6) is 0 Å². The van der Waals surface area contributed by atoms with Crippen LogP contribution >= 0.6 is 0 Å². The van der Waals surface area contributed by atoms with E-state index in [4.69, 9.17) is 5.73 Å². The lowest BCUT2D eigenvalue weighted by atomic mass is 10.0. The normalized spacial score (nSPS) is 11.8. The van der Waals surface area contributed by atoms with Crippen molar-refractivity contribution < 1.29 is 9.59 Å². The average Bonchev–Trinajstić information content (AvgIpc) is 2.65. The van der Waals surface area contributed by atoms with Gasteiger partial charge in [-0.1, -0.05) is 54.6 Å². The van der Waals surface area contributed by atoms with E-state index >= 15 is 0 Å². The second-order valence-corrected chi connectivity index (χ2v) is 5.84. The number of benzene rings is 2. The molecule has 0 bridgehead atoms. The molecule has 3 aromatic rings. The molecule has 0 aliphatic heterocycles. The summed E-state index contributed by atoms with van der Waals surface area (Å²) in [6.07, 6.45) is 1.10. The predicted molar refractivity (Wildman–Crippen MR) is 97.0 cm³/mol. The number of nitrogens with two attached hydrogens (primary N) is 1. The van der Waals surface area contributed by atoms with E-state index in [0.29, 0.717) is 12.8 Å². The second kappa shape index (κ2) is 7.57. The molecule has 0 radical (unpaired) electrons. The van der Waals surface area contributed by atoms with Crippen molar-refractivity contribution in [2.75, 3.05) is 0 Å². The fraction of sp³-hybridized carbons (Fsp3) is 0.150. The Morgan fingerprint density at radius 1 is 0.960 bits per heavy atom. The van der Waals surface area contributed by atoms with E-state index < -0.39 is 17.9 Å². The van der Waals surface area contributed by atoms with Gasteiger partial charge in [0, 0.05) is 5.39 Å². The molecular formula is C20H19N3O2. The summed E-state index contributed by atoms with van der Waals surface area (Å²) in [5, 5.41) is 3.65. The van der Waals surface area contributed by atoms with Crippen molar-refractivity contribution in [3.63, 3.8) is 0 Å². The lowest BCUT2D eigenvalue weighted by Crippen LogP contribution is -2.44. The highest BCUT2D eigenvalue weighted by Crippen LogP contribution is 2.12. The molecule has 0 unspecified atom stereocenters. The maximum absolute atomic E-state index is 12.4. The van der Waals surface area contributed by atoms with Crippen molar-refractivity contribution in [3.8, 4) is 0 Å². The number of nitrogens with zero attached hydrogens (tertiary/aromatic N) is 1. The quantitative estimate of drug-likeness (QED) is 0.726. The molecule has 0 saturated heterocycles. The van der Waals surface area contributed by atoms with Gasteiger partial charge >= 0.3 is 0 Å². The first-order valence-electron chi connectivity index (χ1n) is 8.13. The lowest BCUT2D eigenvalue weighted by Gasteiger charge is -2.15. The number of para-hydroxylation sites is 1. The summed E-state index contributed by atoms with van der Waals surface area (Å²) in [6.45, 7) is 0. The topological polar surface area (TPSA) is 85.1 Å². The van der Waals surface area contributed by atoms with E-state index in [1.54, 1.807) is 6.07 Å². The minimum atomic E-state index is -0.735. The highest BCUT2D eigenvalue weighted by atomic mass is 16.2. The standard InChI is InChI=1S/C20H19N3O2/c21-19(24)17(12-10-14-6-2-1-3-7-14)23-20(25)18-13-11-15-8-4-5-9-16(15)22-18/h1-9,11,13,17H,10,12H2,(H2,21,24)(H,23,25)/t17-/m1/s1. The van der Waals surface area contributed by atoms with Crippen molar-refractivity contribution in [2.24, 2.45) is 5.73 Å². The summed E-state index contributed by atoms with van der Waals surface area (Å²) in [6, 6.07) is 20.0. The molecule has 5 heteroatoms. The first-order valence-corrected chi connectivity index (χ1v) is 8.13. The summed E-state index contributed by atoms with van der Waals surface area (Å²) >= 11 is 0. The van der Waals surface area contributed by atoms with E-state index in [-0.39, 0.29) is 5.69 Å². The molecule has 0 saturated carbocycles. The zero-order valence-electron chi connectivity index (χ0n) is 13.7. The highest BCUT2D eigenvalue weighted by molar-refractivity contribution is 5.97. The Balaban J connectivity index is 1.70. The zero-order valence-corrected chi connectivity index (χ0v) is 13.7. The number of fused-ring (bicyclic) bond motifs is 1. The smallest absolute Gasteiger partial charge is 0.270 e. The number of hydrogen-bond donors (Lipinski definition) is 2. The fourth-order valence-electron chi connectivity index (χ4n) is 2.67. The van der Waals surface area contributed by atoms with Crippen molar-refractivity contribution in [2.45, 2.75) is 18.9 Å². The zero-order chi connectivity index (χ0) is 17.6. The van der Waals surface area contributed by atoms with Gasteiger partial charge in [-0.2, -0.15) is 0 Å². The third kappa shape index (κ3) is 4.20. The Bertz CT molecular complexity index is 894. The summed E-state index contributed by atoms with van der Waals surface area (Å²) in [7, 11) is 0. The third-order valence-electron chi connectivity index (χ3n) is 4.04. The molecule has 2 amide bonds. The molecule has 0 spiro atoms. The molecule has 1 aromatic heterocycles. The van der Waals surface area contributed by atoms with Crippen molar-refractivity contribution >= 4 is 22.7 Å². The van der Waals surface area contributed by atoms with Crippen LogP contribution in [0, 0.1) is 0 Å². The largest absolute Gasteiger partial charge is 0.368 e. The van der Waals surface area contributed by atoms with Gasteiger partial charge in [0.05, 0.1) is 5.52 Å². The van der Waals surface area contributed by atoms with E-state index in [2.05, 4.69) is 10.3 Å². The van der Waals surface area contributed by atoms with Gasteiger partial charge in [-0.25, -0.2) is 4.98 Å². The van der Waals surface area contributed by atoms with Crippen LogP contribution < -0.4 is 11.1 Å². The number of aromatic nitrogens is 1. The van der Waals surface area contributed by atoms with Crippen LogP contribution in [0.2, 0.25) is 0 Å². The minimum Gasteiger partial charge on any atom is -0.368 e. The summed E-state index contributed by atoms with van der Waals surface area (Å²) < 4.78 is 0. The van der Waals surface area contributed by atoms with Crippen LogP contribution in [0.3, 0.4) is 0 Å². The summed E-state index contributed by atoms with van der Waals surface area (Å²) in [5.41, 5.74) is 7.53. The van der Waals surface area contributed by atoms with Crippen LogP contribution in [-0.2, 0) is 11.2 Å². The molecule has 2 aromatic carbocycles. The lowest BCUT2D eigenvalue weighted by molar-refractivity contribution is -0.120. The first-order chi connectivity index (χ1) is 12.1. The summed E-state index contributed by atoms with van der Waals surface area (Å²) in [4.78, 5) is 28.5. The predicted octanol–water partition coefficient (Wildman–Crippen LogP) is 2.45. The molecule has 5 nitrogen and oxygen atoms in total. The SMILES string of the molecule is NC(=O)[C@@H](CCc1ccccc1)NC(=O)c1ccc2ccccc2n1. The molecular weight excluding hydrogens is 314 g/mol. The number of carbonyl (C=O) groups excluding carboxylic acids is 2. The number of amides is 2. The number of rotatable bonds is 6.